The predicted octanol–water partition coefficient (Wildman–Crippen LogP) is 5.77. The fraction of sp³-hybridized carbons (Fsp3) is 0.387. The monoisotopic (exact) mass is 687 g/mol. The van der Waals surface area contributed by atoms with Gasteiger partial charge in [-0.05, 0) is 80.2 Å². The highest BCUT2D eigenvalue weighted by Crippen LogP contribution is 2.66. The van der Waals surface area contributed by atoms with Gasteiger partial charge in [-0.25, -0.2) is 45.0 Å². The lowest BCUT2D eigenvalue weighted by Crippen LogP contribution is -2.55. The van der Waals surface area contributed by atoms with E-state index in [9.17, 15) is 25.6 Å². The Kier molecular flexibility index (Phi) is 6.79. The summed E-state index contributed by atoms with van der Waals surface area (Å²) in [5.74, 6) is -1.84. The largest absolute Gasteiger partial charge is 0.351 e. The van der Waals surface area contributed by atoms with Crippen LogP contribution in [0.25, 0.3) is 21.8 Å². The number of nitrogens with one attached hydrogen (secondary N) is 2. The van der Waals surface area contributed by atoms with Crippen LogP contribution in [0.1, 0.15) is 37.1 Å². The minimum absolute atomic E-state index is 0.0104. The van der Waals surface area contributed by atoms with Crippen molar-refractivity contribution in [3.63, 3.8) is 0 Å². The van der Waals surface area contributed by atoms with Crippen molar-refractivity contribution in [2.24, 2.45) is 17.8 Å². The van der Waals surface area contributed by atoms with Gasteiger partial charge in [0.1, 0.15) is 16.6 Å². The maximum absolute atomic E-state index is 16.2. The summed E-state index contributed by atoms with van der Waals surface area (Å²) >= 11 is 1.42. The number of halogens is 3. The highest BCUT2D eigenvalue weighted by atomic mass is 32.2. The number of thiazole rings is 1. The second kappa shape index (κ2) is 10.5. The van der Waals surface area contributed by atoms with E-state index in [1.807, 2.05) is 4.72 Å². The van der Waals surface area contributed by atoms with Crippen molar-refractivity contribution in [3.05, 3.63) is 71.1 Å². The zero-order valence-electron chi connectivity index (χ0n) is 24.2. The molecule has 4 aromatic rings. The van der Waals surface area contributed by atoms with Crippen LogP contribution in [0.2, 0.25) is 0 Å². The predicted molar refractivity (Wildman–Crippen MR) is 167 cm³/mol. The van der Waals surface area contributed by atoms with Crippen LogP contribution >= 0.6 is 11.3 Å². The summed E-state index contributed by atoms with van der Waals surface area (Å²) in [6, 6.07) is 8.50. The Balaban J connectivity index is 1.13. The lowest BCUT2D eigenvalue weighted by Gasteiger charge is -2.60. The molecule has 240 valence electrons. The van der Waals surface area contributed by atoms with Crippen LogP contribution in [0.3, 0.4) is 0 Å². The maximum atomic E-state index is 16.2. The van der Waals surface area contributed by atoms with Crippen LogP contribution in [0.15, 0.2) is 53.6 Å². The summed E-state index contributed by atoms with van der Waals surface area (Å²) in [5.41, 5.74) is 0.255. The highest BCUT2D eigenvalue weighted by molar-refractivity contribution is 7.92. The third kappa shape index (κ3) is 4.98. The van der Waals surface area contributed by atoms with Gasteiger partial charge in [0.25, 0.3) is 10.0 Å². The van der Waals surface area contributed by atoms with E-state index in [2.05, 4.69) is 10.3 Å². The van der Waals surface area contributed by atoms with Crippen molar-refractivity contribution < 1.29 is 30.0 Å². The second-order valence-electron chi connectivity index (χ2n) is 13.0. The molecule has 3 heterocycles. The molecule has 5 aliphatic rings. The van der Waals surface area contributed by atoms with Crippen LogP contribution in [0, 0.1) is 35.2 Å². The van der Waals surface area contributed by atoms with E-state index >= 15 is 4.39 Å². The van der Waals surface area contributed by atoms with Gasteiger partial charge in [-0.3, -0.25) is 4.72 Å². The molecule has 2 bridgehead atoms. The first-order valence-electron chi connectivity index (χ1n) is 15.0. The molecule has 4 aliphatic carbocycles. The van der Waals surface area contributed by atoms with E-state index in [1.165, 1.54) is 29.5 Å². The van der Waals surface area contributed by atoms with E-state index in [0.29, 0.717) is 35.3 Å². The Morgan fingerprint density at radius 2 is 1.59 bits per heavy atom. The van der Waals surface area contributed by atoms with Gasteiger partial charge >= 0.3 is 0 Å². The quantitative estimate of drug-likeness (QED) is 0.239. The summed E-state index contributed by atoms with van der Waals surface area (Å²) < 4.78 is 96.9. The first-order chi connectivity index (χ1) is 21.9. The van der Waals surface area contributed by atoms with E-state index in [0.717, 1.165) is 42.5 Å². The van der Waals surface area contributed by atoms with E-state index < -0.39 is 47.9 Å². The molecule has 0 spiro atoms. The standard InChI is InChI=1S/C31H28F3N5O4S3/c32-21-4-2-5-22(33)28(21)46(42,43)39-23-6-1-3-20(25(23)34)26-27(44-29(38-26)31-11-16(12-31)13-31)24-7-8-35-30(37-24)36-19-9-17-14-45(40,41)15-18(17)10-19/h1-8,16-19,39H,9-15H2,(H,35,36,37)/t16?,17-,18+,19?,31?. The Bertz CT molecular complexity index is 2070. The fourth-order valence-electron chi connectivity index (χ4n) is 7.57. The number of sulfonamides is 1. The Hall–Kier alpha value is -3.56. The average Bonchev–Trinajstić information content (AvgIpc) is 3.59. The van der Waals surface area contributed by atoms with Crippen LogP contribution < -0.4 is 10.0 Å². The molecule has 1 aliphatic heterocycles. The molecule has 0 radical (unpaired) electrons. The number of fused-ring (bicyclic) bond motifs is 1. The zero-order valence-corrected chi connectivity index (χ0v) is 26.7. The lowest BCUT2D eigenvalue weighted by molar-refractivity contribution is -0.0274. The van der Waals surface area contributed by atoms with Crippen molar-refractivity contribution in [3.8, 4) is 21.8 Å². The van der Waals surface area contributed by atoms with Gasteiger partial charge in [-0.2, -0.15) is 0 Å². The summed E-state index contributed by atoms with van der Waals surface area (Å²) in [6.07, 6.45) is 6.04. The lowest BCUT2D eigenvalue weighted by atomic mass is 9.45. The van der Waals surface area contributed by atoms with Crippen molar-refractivity contribution in [2.45, 2.75) is 48.5 Å². The molecule has 2 aromatic carbocycles. The van der Waals surface area contributed by atoms with Crippen LogP contribution in [-0.4, -0.2) is 49.3 Å². The molecule has 2 N–H and O–H groups in total. The fourth-order valence-corrected chi connectivity index (χ4v) is 12.3. The minimum Gasteiger partial charge on any atom is -0.351 e. The maximum Gasteiger partial charge on any atom is 0.267 e. The van der Waals surface area contributed by atoms with Gasteiger partial charge in [-0.1, -0.05) is 12.1 Å². The Morgan fingerprint density at radius 3 is 2.24 bits per heavy atom. The van der Waals surface area contributed by atoms with E-state index in [4.69, 9.17) is 9.97 Å². The SMILES string of the molecule is O=S1(=O)C[C@H]2CC(Nc3nccc(-c4sc(C56CC(C5)C6)nc4-c4cccc(NS(=O)(=O)c5c(F)cccc5F)c4F)n3)C[C@H]2C1. The van der Waals surface area contributed by atoms with E-state index in [-0.39, 0.29) is 46.1 Å². The first kappa shape index (κ1) is 29.8. The average molecular weight is 688 g/mol. The van der Waals surface area contributed by atoms with Gasteiger partial charge in [-0.15, -0.1) is 11.3 Å². The number of benzene rings is 2. The summed E-state index contributed by atoms with van der Waals surface area (Å²) in [6.45, 7) is 0. The molecule has 1 unspecified atom stereocenters. The van der Waals surface area contributed by atoms with Crippen LogP contribution in [-0.2, 0) is 25.3 Å². The minimum atomic E-state index is -4.81. The smallest absolute Gasteiger partial charge is 0.267 e. The number of hydrogen-bond donors (Lipinski definition) is 2. The topological polar surface area (TPSA) is 131 Å². The van der Waals surface area contributed by atoms with Crippen LogP contribution in [0.5, 0.6) is 0 Å². The molecule has 1 saturated heterocycles. The van der Waals surface area contributed by atoms with Gasteiger partial charge in [0.2, 0.25) is 5.95 Å². The molecule has 46 heavy (non-hydrogen) atoms. The Morgan fingerprint density at radius 1 is 0.913 bits per heavy atom. The molecule has 15 heteroatoms. The molecule has 9 nitrogen and oxygen atoms in total. The molecular formula is C31H28F3N5O4S3. The molecule has 9 rings (SSSR count). The number of rotatable bonds is 8. The normalized spacial score (nSPS) is 27.5. The summed E-state index contributed by atoms with van der Waals surface area (Å²) in [7, 11) is -7.80. The van der Waals surface area contributed by atoms with Crippen molar-refractivity contribution >= 4 is 42.8 Å². The third-order valence-electron chi connectivity index (χ3n) is 9.80. The number of aromatic nitrogens is 3. The van der Waals surface area contributed by atoms with Gasteiger partial charge in [0.15, 0.2) is 20.5 Å². The van der Waals surface area contributed by atoms with Crippen LogP contribution in [0.4, 0.5) is 24.8 Å². The number of anilines is 2. The highest BCUT2D eigenvalue weighted by Gasteiger charge is 2.59. The number of hydrogen-bond acceptors (Lipinski definition) is 9. The molecule has 0 amide bonds. The first-order valence-corrected chi connectivity index (χ1v) is 19.1. The van der Waals surface area contributed by atoms with E-state index in [1.54, 1.807) is 12.3 Å². The third-order valence-corrected chi connectivity index (χ3v) is 14.4. The number of nitrogens with zero attached hydrogens (tertiary/aromatic N) is 3. The number of sulfone groups is 1. The summed E-state index contributed by atoms with van der Waals surface area (Å²) in [5, 5.41) is 4.22. The molecule has 3 atom stereocenters. The van der Waals surface area contributed by atoms with Crippen molar-refractivity contribution in [1.29, 1.82) is 0 Å². The van der Waals surface area contributed by atoms with Gasteiger partial charge < -0.3 is 5.32 Å². The van der Waals surface area contributed by atoms with Gasteiger partial charge in [0.05, 0.1) is 33.5 Å². The van der Waals surface area contributed by atoms with Crippen molar-refractivity contribution in [1.82, 2.24) is 15.0 Å². The van der Waals surface area contributed by atoms with Crippen molar-refractivity contribution in [2.75, 3.05) is 21.5 Å². The second-order valence-corrected chi connectivity index (χ2v) is 17.7. The summed E-state index contributed by atoms with van der Waals surface area (Å²) in [4.78, 5) is 13.4. The molecule has 4 saturated carbocycles. The van der Waals surface area contributed by atoms with Gasteiger partial charge in [0, 0.05) is 23.2 Å². The zero-order chi connectivity index (χ0) is 32.0. The molecule has 2 aromatic heterocycles. The molecule has 5 fully saturated rings. The Labute approximate surface area is 267 Å². The molecular weight excluding hydrogens is 660 g/mol.